The Labute approximate surface area is 157 Å². The van der Waals surface area contributed by atoms with Crippen LogP contribution in [0.4, 0.5) is 4.39 Å². The number of carboxylic acids is 1. The van der Waals surface area contributed by atoms with E-state index < -0.39 is 11.4 Å². The van der Waals surface area contributed by atoms with E-state index in [9.17, 15) is 14.3 Å². The number of carboxylic acid groups (broad SMARTS) is 1. The number of aliphatic carboxylic acids is 1. The fourth-order valence-corrected chi connectivity index (χ4v) is 4.53. The lowest BCUT2D eigenvalue weighted by molar-refractivity contribution is -0.157. The maximum Gasteiger partial charge on any atom is 0.311 e. The number of fused-ring (bicyclic) bond motifs is 1. The summed E-state index contributed by atoms with van der Waals surface area (Å²) in [6, 6.07) is 6.68. The smallest absolute Gasteiger partial charge is 0.311 e. The lowest BCUT2D eigenvalue weighted by atomic mass is 9.74. The molecule has 2 aliphatic rings. The SMILES string of the molecule is Cc1cc(C)n(-c2ccc(F)cc2CN2C[C@@H]3COCC[C@]3(C(=O)O)C2)n1. The van der Waals surface area contributed by atoms with Crippen molar-refractivity contribution in [2.45, 2.75) is 26.8 Å². The Balaban J connectivity index is 1.64. The number of benzene rings is 1. The molecule has 2 fully saturated rings. The van der Waals surface area contributed by atoms with Crippen LogP contribution in [0.25, 0.3) is 5.69 Å². The van der Waals surface area contributed by atoms with Crippen LogP contribution < -0.4 is 0 Å². The number of aryl methyl sites for hydroxylation is 2. The number of aromatic nitrogens is 2. The molecule has 2 aromatic rings. The van der Waals surface area contributed by atoms with Crippen LogP contribution in [-0.4, -0.2) is 52.1 Å². The van der Waals surface area contributed by atoms with E-state index in [0.717, 1.165) is 22.6 Å². The number of hydrogen-bond donors (Lipinski definition) is 1. The van der Waals surface area contributed by atoms with E-state index in [4.69, 9.17) is 4.74 Å². The maximum absolute atomic E-state index is 14.0. The molecule has 144 valence electrons. The molecule has 2 atom stereocenters. The van der Waals surface area contributed by atoms with Crippen molar-refractivity contribution in [1.29, 1.82) is 0 Å². The summed E-state index contributed by atoms with van der Waals surface area (Å²) in [5, 5.41) is 14.4. The van der Waals surface area contributed by atoms with Crippen molar-refractivity contribution in [3.8, 4) is 5.69 Å². The van der Waals surface area contributed by atoms with Crippen LogP contribution in [0.15, 0.2) is 24.3 Å². The van der Waals surface area contributed by atoms with Crippen LogP contribution in [0, 0.1) is 31.0 Å². The Morgan fingerprint density at radius 2 is 2.22 bits per heavy atom. The molecule has 2 saturated heterocycles. The van der Waals surface area contributed by atoms with E-state index >= 15 is 0 Å². The quantitative estimate of drug-likeness (QED) is 0.892. The third-order valence-electron chi connectivity index (χ3n) is 5.88. The molecule has 6 nitrogen and oxygen atoms in total. The average Bonchev–Trinajstić information content (AvgIpc) is 3.15. The highest BCUT2D eigenvalue weighted by Gasteiger charge is 2.53. The first kappa shape index (κ1) is 18.1. The van der Waals surface area contributed by atoms with Gasteiger partial charge in [-0.25, -0.2) is 9.07 Å². The molecule has 0 aliphatic carbocycles. The summed E-state index contributed by atoms with van der Waals surface area (Å²) < 4.78 is 21.3. The Morgan fingerprint density at radius 3 is 2.89 bits per heavy atom. The van der Waals surface area contributed by atoms with Gasteiger partial charge in [-0.2, -0.15) is 5.10 Å². The standard InChI is InChI=1S/C20H24FN3O3/c1-13-7-14(2)24(22-13)18-4-3-17(21)8-15(18)9-23-10-16-11-27-6-5-20(16,12-23)19(25)26/h3-4,7-8,16H,5-6,9-12H2,1-2H3,(H,25,26)/t16-,20+/m1/s1. The highest BCUT2D eigenvalue weighted by molar-refractivity contribution is 5.76. The molecular weight excluding hydrogens is 349 g/mol. The Hall–Kier alpha value is -2.25. The highest BCUT2D eigenvalue weighted by Crippen LogP contribution is 2.43. The lowest BCUT2D eigenvalue weighted by Gasteiger charge is -2.34. The molecule has 0 saturated carbocycles. The monoisotopic (exact) mass is 373 g/mol. The van der Waals surface area contributed by atoms with Gasteiger partial charge >= 0.3 is 5.97 Å². The molecule has 27 heavy (non-hydrogen) atoms. The van der Waals surface area contributed by atoms with Gasteiger partial charge in [0, 0.05) is 37.9 Å². The molecule has 0 amide bonds. The number of ether oxygens (including phenoxy) is 1. The predicted octanol–water partition coefficient (Wildman–Crippen LogP) is 2.55. The van der Waals surface area contributed by atoms with Crippen molar-refractivity contribution in [2.75, 3.05) is 26.3 Å². The summed E-state index contributed by atoms with van der Waals surface area (Å²) >= 11 is 0. The number of likely N-dealkylation sites (tertiary alicyclic amines) is 1. The van der Waals surface area contributed by atoms with Gasteiger partial charge in [0.2, 0.25) is 0 Å². The predicted molar refractivity (Wildman–Crippen MR) is 97.3 cm³/mol. The molecule has 2 aliphatic heterocycles. The molecule has 1 aromatic carbocycles. The zero-order valence-corrected chi connectivity index (χ0v) is 15.6. The van der Waals surface area contributed by atoms with Crippen molar-refractivity contribution in [2.24, 2.45) is 11.3 Å². The van der Waals surface area contributed by atoms with Crippen LogP contribution >= 0.6 is 0 Å². The zero-order chi connectivity index (χ0) is 19.2. The van der Waals surface area contributed by atoms with Crippen molar-refractivity contribution >= 4 is 5.97 Å². The van der Waals surface area contributed by atoms with Gasteiger partial charge in [0.15, 0.2) is 0 Å². The first-order chi connectivity index (χ1) is 12.9. The summed E-state index contributed by atoms with van der Waals surface area (Å²) in [5.41, 5.74) is 2.76. The van der Waals surface area contributed by atoms with Gasteiger partial charge in [-0.15, -0.1) is 0 Å². The van der Waals surface area contributed by atoms with E-state index in [1.165, 1.54) is 12.1 Å². The summed E-state index contributed by atoms with van der Waals surface area (Å²) in [7, 11) is 0. The first-order valence-corrected chi connectivity index (χ1v) is 9.24. The molecule has 0 spiro atoms. The van der Waals surface area contributed by atoms with Crippen molar-refractivity contribution < 1.29 is 19.0 Å². The van der Waals surface area contributed by atoms with Gasteiger partial charge in [-0.1, -0.05) is 0 Å². The van der Waals surface area contributed by atoms with Crippen LogP contribution in [0.1, 0.15) is 23.4 Å². The largest absolute Gasteiger partial charge is 0.481 e. The Bertz CT molecular complexity index is 881. The fourth-order valence-electron chi connectivity index (χ4n) is 4.53. The number of halogens is 1. The molecule has 1 N–H and O–H groups in total. The molecule has 0 bridgehead atoms. The normalized spacial score (nSPS) is 25.5. The number of carbonyl (C=O) groups is 1. The van der Waals surface area contributed by atoms with Crippen molar-refractivity contribution in [3.05, 3.63) is 47.0 Å². The Morgan fingerprint density at radius 1 is 1.41 bits per heavy atom. The molecule has 4 rings (SSSR count). The first-order valence-electron chi connectivity index (χ1n) is 9.24. The second kappa shape index (κ2) is 6.73. The van der Waals surface area contributed by atoms with Gasteiger partial charge in [0.05, 0.1) is 23.4 Å². The molecule has 0 unspecified atom stereocenters. The molecule has 3 heterocycles. The van der Waals surface area contributed by atoms with E-state index in [2.05, 4.69) is 10.00 Å². The molecule has 7 heteroatoms. The number of hydrogen-bond acceptors (Lipinski definition) is 4. The van der Waals surface area contributed by atoms with E-state index in [1.807, 2.05) is 24.6 Å². The third kappa shape index (κ3) is 3.15. The lowest BCUT2D eigenvalue weighted by Crippen LogP contribution is -2.44. The molecular formula is C20H24FN3O3. The molecule has 1 aromatic heterocycles. The minimum atomic E-state index is -0.760. The minimum absolute atomic E-state index is 0.0329. The molecule has 0 radical (unpaired) electrons. The summed E-state index contributed by atoms with van der Waals surface area (Å²) in [6.07, 6.45) is 0.525. The summed E-state index contributed by atoms with van der Waals surface area (Å²) in [4.78, 5) is 14.1. The topological polar surface area (TPSA) is 67.6 Å². The van der Waals surface area contributed by atoms with Crippen LogP contribution in [0.2, 0.25) is 0 Å². The van der Waals surface area contributed by atoms with Crippen LogP contribution in [0.5, 0.6) is 0 Å². The van der Waals surface area contributed by atoms with Crippen LogP contribution in [0.3, 0.4) is 0 Å². The van der Waals surface area contributed by atoms with Crippen molar-refractivity contribution in [3.63, 3.8) is 0 Å². The van der Waals surface area contributed by atoms with Gasteiger partial charge in [-0.05, 0) is 50.1 Å². The number of rotatable bonds is 4. The number of nitrogens with zero attached hydrogens (tertiary/aromatic N) is 3. The second-order valence-electron chi connectivity index (χ2n) is 7.76. The second-order valence-corrected chi connectivity index (χ2v) is 7.76. The third-order valence-corrected chi connectivity index (χ3v) is 5.88. The Kier molecular flexibility index (Phi) is 4.52. The van der Waals surface area contributed by atoms with E-state index in [0.29, 0.717) is 39.3 Å². The van der Waals surface area contributed by atoms with Gasteiger partial charge < -0.3 is 9.84 Å². The fraction of sp³-hybridized carbons (Fsp3) is 0.500. The summed E-state index contributed by atoms with van der Waals surface area (Å²) in [5.74, 6) is -1.09. The average molecular weight is 373 g/mol. The van der Waals surface area contributed by atoms with Crippen molar-refractivity contribution in [1.82, 2.24) is 14.7 Å². The van der Waals surface area contributed by atoms with Gasteiger partial charge in [0.25, 0.3) is 0 Å². The minimum Gasteiger partial charge on any atom is -0.481 e. The van der Waals surface area contributed by atoms with Gasteiger partial charge in [-0.3, -0.25) is 9.69 Å². The maximum atomic E-state index is 14.0. The highest BCUT2D eigenvalue weighted by atomic mass is 19.1. The van der Waals surface area contributed by atoms with Gasteiger partial charge in [0.1, 0.15) is 5.82 Å². The summed E-state index contributed by atoms with van der Waals surface area (Å²) in [6.45, 7) is 6.42. The van der Waals surface area contributed by atoms with E-state index in [1.54, 1.807) is 6.07 Å². The zero-order valence-electron chi connectivity index (χ0n) is 15.6. The van der Waals surface area contributed by atoms with Crippen LogP contribution in [-0.2, 0) is 16.1 Å². The van der Waals surface area contributed by atoms with E-state index in [-0.39, 0.29) is 11.7 Å².